The van der Waals surface area contributed by atoms with Crippen LogP contribution in [0.2, 0.25) is 0 Å². The van der Waals surface area contributed by atoms with Crippen LogP contribution in [0.15, 0.2) is 0 Å². The van der Waals surface area contributed by atoms with Gasteiger partial charge in [0.25, 0.3) is 0 Å². The van der Waals surface area contributed by atoms with E-state index in [0.29, 0.717) is 55.6 Å². The molecule has 0 aromatic heterocycles. The monoisotopic (exact) mass is 545 g/mol. The van der Waals surface area contributed by atoms with E-state index in [1.165, 1.54) is 6.42 Å². The molecule has 1 aliphatic carbocycles. The number of nitrogens with zero attached hydrogens (tertiary/aromatic N) is 1. The zero-order valence-electron chi connectivity index (χ0n) is 27.4. The lowest BCUT2D eigenvalue weighted by Gasteiger charge is -2.25. The third-order valence-electron chi connectivity index (χ3n) is 6.55. The second kappa shape index (κ2) is 21.4. The van der Waals surface area contributed by atoms with E-state index in [1.54, 1.807) is 0 Å². The highest BCUT2D eigenvalue weighted by atomic mass is 16.3. The van der Waals surface area contributed by atoms with Crippen LogP contribution in [0.1, 0.15) is 108 Å². The number of amides is 2. The van der Waals surface area contributed by atoms with Gasteiger partial charge < -0.3 is 21.3 Å². The Morgan fingerprint density at radius 3 is 1.55 bits per heavy atom. The van der Waals surface area contributed by atoms with Crippen molar-refractivity contribution in [3.05, 3.63) is 0 Å². The van der Waals surface area contributed by atoms with Crippen molar-refractivity contribution in [2.45, 2.75) is 108 Å². The summed E-state index contributed by atoms with van der Waals surface area (Å²) in [7, 11) is 4.17. The lowest BCUT2D eigenvalue weighted by atomic mass is 9.81. The maximum absolute atomic E-state index is 11.5. The average molecular weight is 545 g/mol. The van der Waals surface area contributed by atoms with Crippen molar-refractivity contribution in [1.29, 1.82) is 0 Å². The fourth-order valence-corrected chi connectivity index (χ4v) is 3.77. The van der Waals surface area contributed by atoms with Crippen LogP contribution < -0.4 is 11.1 Å². The summed E-state index contributed by atoms with van der Waals surface area (Å²) >= 11 is 0. The Bertz CT molecular complexity index is 638. The van der Waals surface area contributed by atoms with Crippen LogP contribution in [0, 0.1) is 40.4 Å². The van der Waals surface area contributed by atoms with Crippen LogP contribution in [-0.4, -0.2) is 66.7 Å². The highest BCUT2D eigenvalue weighted by Crippen LogP contribution is 2.28. The molecule has 7 nitrogen and oxygen atoms in total. The van der Waals surface area contributed by atoms with Crippen LogP contribution in [0.5, 0.6) is 0 Å². The lowest BCUT2D eigenvalue weighted by molar-refractivity contribution is -0.463. The Morgan fingerprint density at radius 1 is 0.895 bits per heavy atom. The zero-order chi connectivity index (χ0) is 30.7. The molecule has 0 aromatic carbocycles. The first-order valence-corrected chi connectivity index (χ1v) is 14.5. The summed E-state index contributed by atoms with van der Waals surface area (Å²) in [4.78, 5) is 22.4. The molecular weight excluding hydrogens is 478 g/mol. The van der Waals surface area contributed by atoms with Gasteiger partial charge in [0.1, 0.15) is 20.3 Å². The Labute approximate surface area is 236 Å². The van der Waals surface area contributed by atoms with Gasteiger partial charge in [-0.1, -0.05) is 76.2 Å². The molecule has 1 rings (SSSR count). The minimum Gasteiger partial charge on any atom is -0.396 e. The minimum absolute atomic E-state index is 0.0212. The molecule has 2 amide bonds. The van der Waals surface area contributed by atoms with Gasteiger partial charge in [-0.2, -0.15) is 0 Å². The summed E-state index contributed by atoms with van der Waals surface area (Å²) in [6.45, 7) is 24.9. The first kappa shape index (κ1) is 41.0. The molecule has 0 heterocycles. The Balaban J connectivity index is -0.000000468. The minimum atomic E-state index is -0.260. The van der Waals surface area contributed by atoms with Crippen LogP contribution in [0.25, 0.3) is 0 Å². The zero-order valence-corrected chi connectivity index (χ0v) is 27.4. The number of nitrogens with two attached hydrogens (primary N) is 1. The van der Waals surface area contributed by atoms with E-state index < -0.39 is 0 Å². The second-order valence-electron chi connectivity index (χ2n) is 13.7. The molecule has 1 aliphatic rings. The van der Waals surface area contributed by atoms with Gasteiger partial charge in [0.05, 0.1) is 6.61 Å². The number of aliphatic hydroxyl groups is 2. The number of rotatable bonds is 8. The summed E-state index contributed by atoms with van der Waals surface area (Å²) in [6.07, 6.45) is 6.37. The Morgan fingerprint density at radius 2 is 1.29 bits per heavy atom. The van der Waals surface area contributed by atoms with Crippen molar-refractivity contribution >= 4 is 18.0 Å². The normalized spacial score (nSPS) is 17.3. The van der Waals surface area contributed by atoms with Crippen molar-refractivity contribution in [2.75, 3.05) is 33.9 Å². The van der Waals surface area contributed by atoms with Gasteiger partial charge >= 0.3 is 0 Å². The summed E-state index contributed by atoms with van der Waals surface area (Å²) in [6, 6.07) is 0. The van der Waals surface area contributed by atoms with Crippen molar-refractivity contribution in [3.8, 4) is 0 Å². The predicted octanol–water partition coefficient (Wildman–Crippen LogP) is 5.11. The van der Waals surface area contributed by atoms with Gasteiger partial charge in [0, 0.05) is 30.4 Å². The smallest absolute Gasteiger partial charge is 0.223 e. The fraction of sp³-hybridized carbons (Fsp3) is 0.903. The third-order valence-corrected chi connectivity index (χ3v) is 6.55. The van der Waals surface area contributed by atoms with Gasteiger partial charge in [-0.25, -0.2) is 4.58 Å². The molecule has 7 heteroatoms. The van der Waals surface area contributed by atoms with E-state index in [4.69, 9.17) is 15.9 Å². The number of aliphatic hydroxyl groups excluding tert-OH is 2. The number of carbonyl (C=O) groups is 2. The molecule has 0 aliphatic heterocycles. The summed E-state index contributed by atoms with van der Waals surface area (Å²) in [5.74, 6) is 1.65. The molecule has 0 atom stereocenters. The summed E-state index contributed by atoms with van der Waals surface area (Å²) in [5.41, 5.74) is 6.04. The van der Waals surface area contributed by atoms with E-state index in [9.17, 15) is 9.59 Å². The van der Waals surface area contributed by atoms with Crippen molar-refractivity contribution < 1.29 is 24.4 Å². The molecule has 5 N–H and O–H groups in total. The summed E-state index contributed by atoms with van der Waals surface area (Å²) < 4.78 is 2.14. The number of nitrogens with one attached hydrogen (secondary N) is 1. The SMILES string of the molecule is CC(C)C(C)(C)C.CC(C)CC(C)(C)C=[N+](C)C.CC(C)CO.NC(=O)C1CCC(C(=O)NCCO)CC1. The maximum Gasteiger partial charge on any atom is 0.223 e. The topological polar surface area (TPSA) is 116 Å². The van der Waals surface area contributed by atoms with E-state index in [2.05, 4.69) is 92.5 Å². The summed E-state index contributed by atoms with van der Waals surface area (Å²) in [5, 5.41) is 19.3. The molecule has 228 valence electrons. The van der Waals surface area contributed by atoms with Crippen molar-refractivity contribution in [1.82, 2.24) is 5.32 Å². The highest BCUT2D eigenvalue weighted by molar-refractivity contribution is 5.80. The largest absolute Gasteiger partial charge is 0.396 e. The van der Waals surface area contributed by atoms with Gasteiger partial charge in [-0.15, -0.1) is 0 Å². The van der Waals surface area contributed by atoms with E-state index in [1.807, 2.05) is 13.8 Å². The molecule has 0 spiro atoms. The molecule has 0 unspecified atom stereocenters. The Hall–Kier alpha value is -1.47. The van der Waals surface area contributed by atoms with Crippen molar-refractivity contribution in [2.24, 2.45) is 46.2 Å². The number of primary amides is 1. The number of hydrogen-bond donors (Lipinski definition) is 4. The van der Waals surface area contributed by atoms with Crippen molar-refractivity contribution in [3.63, 3.8) is 0 Å². The Kier molecular flexibility index (Phi) is 23.1. The molecule has 0 aromatic rings. The standard InChI is InChI=1S/C10H18N2O3.C10H22N.C7H16.C4H10O/c11-9(14)7-1-3-8(4-2-7)10(15)12-5-6-13;1-9(2)7-10(3,4)8-11(5)6;1-6(2)7(3,4)5;1-4(2)3-5/h7-8,13H,1-6H2,(H2,11,14)(H,12,15);8-9H,7H2,1-6H3;6H,1-5H3;4-5H,3H2,1-2H3/q;+1;;. The molecule has 1 fully saturated rings. The number of carbonyl (C=O) groups excluding carboxylic acids is 2. The second-order valence-corrected chi connectivity index (χ2v) is 13.7. The van der Waals surface area contributed by atoms with Crippen LogP contribution in [-0.2, 0) is 9.59 Å². The van der Waals surface area contributed by atoms with Crippen LogP contribution in [0.3, 0.4) is 0 Å². The average Bonchev–Trinajstić information content (AvgIpc) is 2.76. The molecule has 1 saturated carbocycles. The molecule has 0 bridgehead atoms. The van der Waals surface area contributed by atoms with Gasteiger partial charge in [0.2, 0.25) is 11.8 Å². The maximum atomic E-state index is 11.5. The van der Waals surface area contributed by atoms with Crippen LogP contribution >= 0.6 is 0 Å². The van der Waals surface area contributed by atoms with Crippen LogP contribution in [0.4, 0.5) is 0 Å². The molecular formula is C31H66N3O4+. The van der Waals surface area contributed by atoms with Gasteiger partial charge in [-0.05, 0) is 55.3 Å². The lowest BCUT2D eigenvalue weighted by Crippen LogP contribution is -2.36. The highest BCUT2D eigenvalue weighted by Gasteiger charge is 2.28. The van der Waals surface area contributed by atoms with E-state index >= 15 is 0 Å². The fourth-order valence-electron chi connectivity index (χ4n) is 3.77. The molecule has 38 heavy (non-hydrogen) atoms. The first-order chi connectivity index (χ1) is 17.2. The quantitative estimate of drug-likeness (QED) is 0.251. The van der Waals surface area contributed by atoms with E-state index in [0.717, 1.165) is 11.8 Å². The number of hydrogen-bond acceptors (Lipinski definition) is 4. The first-order valence-electron chi connectivity index (χ1n) is 14.5. The van der Waals surface area contributed by atoms with Gasteiger partial charge in [-0.3, -0.25) is 9.59 Å². The van der Waals surface area contributed by atoms with E-state index in [-0.39, 0.29) is 30.3 Å². The molecule has 0 radical (unpaired) electrons. The predicted molar refractivity (Wildman–Crippen MR) is 162 cm³/mol. The van der Waals surface area contributed by atoms with Gasteiger partial charge in [0.15, 0.2) is 0 Å². The molecule has 0 saturated heterocycles. The third kappa shape index (κ3) is 26.1.